The first-order valence-corrected chi connectivity index (χ1v) is 7.12. The van der Waals surface area contributed by atoms with E-state index in [1.165, 1.54) is 11.8 Å². The summed E-state index contributed by atoms with van der Waals surface area (Å²) in [6.07, 6.45) is 0.315. The normalized spacial score (nSPS) is 10.5. The molecule has 1 aromatic heterocycles. The van der Waals surface area contributed by atoms with Crippen molar-refractivity contribution in [2.75, 3.05) is 18.1 Å². The minimum atomic E-state index is -0.835. The van der Waals surface area contributed by atoms with E-state index in [4.69, 9.17) is 5.11 Å². The fourth-order valence-electron chi connectivity index (χ4n) is 1.72. The van der Waals surface area contributed by atoms with Gasteiger partial charge in [-0.05, 0) is 13.8 Å². The Labute approximate surface area is 116 Å². The number of carboxylic acids is 1. The average molecular weight is 285 g/mol. The summed E-state index contributed by atoms with van der Waals surface area (Å²) in [6.45, 7) is 4.30. The highest BCUT2D eigenvalue weighted by Gasteiger charge is 2.12. The van der Waals surface area contributed by atoms with Crippen molar-refractivity contribution < 1.29 is 14.7 Å². The number of carbonyl (C=O) groups is 2. The number of aliphatic carboxylic acids is 1. The summed E-state index contributed by atoms with van der Waals surface area (Å²) in [7, 11) is 1.85. The highest BCUT2D eigenvalue weighted by molar-refractivity contribution is 7.99. The maximum Gasteiger partial charge on any atom is 0.313 e. The molecule has 1 heterocycles. The summed E-state index contributed by atoms with van der Waals surface area (Å²) in [5.74, 6) is -0.229. The molecular weight excluding hydrogens is 266 g/mol. The largest absolute Gasteiger partial charge is 0.481 e. The predicted octanol–water partition coefficient (Wildman–Crippen LogP) is 0.513. The molecule has 0 bridgehead atoms. The number of rotatable bonds is 7. The minimum Gasteiger partial charge on any atom is -0.481 e. The predicted molar refractivity (Wildman–Crippen MR) is 74.4 cm³/mol. The average Bonchev–Trinajstić information content (AvgIpc) is 2.55. The number of nitrogens with zero attached hydrogens (tertiary/aromatic N) is 2. The third-order valence-corrected chi connectivity index (χ3v) is 3.73. The molecule has 0 aliphatic heterocycles. The van der Waals surface area contributed by atoms with E-state index in [-0.39, 0.29) is 11.7 Å². The van der Waals surface area contributed by atoms with E-state index in [1.54, 1.807) is 4.68 Å². The van der Waals surface area contributed by atoms with Crippen LogP contribution in [-0.4, -0.2) is 44.8 Å². The summed E-state index contributed by atoms with van der Waals surface area (Å²) >= 11 is 1.29. The van der Waals surface area contributed by atoms with Gasteiger partial charge in [-0.2, -0.15) is 5.10 Å². The number of thioether (sulfide) groups is 1. The Hall–Kier alpha value is -1.50. The number of carbonyl (C=O) groups excluding carboxylic acids is 1. The van der Waals surface area contributed by atoms with E-state index in [1.807, 2.05) is 20.9 Å². The lowest BCUT2D eigenvalue weighted by molar-refractivity contribution is -0.133. The monoisotopic (exact) mass is 285 g/mol. The van der Waals surface area contributed by atoms with Crippen molar-refractivity contribution in [3.63, 3.8) is 0 Å². The van der Waals surface area contributed by atoms with E-state index in [2.05, 4.69) is 10.4 Å². The number of amides is 1. The van der Waals surface area contributed by atoms with Gasteiger partial charge >= 0.3 is 5.97 Å². The first-order chi connectivity index (χ1) is 8.91. The third kappa shape index (κ3) is 4.94. The molecule has 1 rings (SSSR count). The van der Waals surface area contributed by atoms with Crippen molar-refractivity contribution in [3.8, 4) is 0 Å². The summed E-state index contributed by atoms with van der Waals surface area (Å²) in [4.78, 5) is 22.0. The van der Waals surface area contributed by atoms with Crippen LogP contribution in [0.1, 0.15) is 17.0 Å². The number of aryl methyl sites for hydroxylation is 2. The minimum absolute atomic E-state index is 0.0601. The molecule has 0 atom stereocenters. The van der Waals surface area contributed by atoms with Gasteiger partial charge in [0.15, 0.2) is 0 Å². The van der Waals surface area contributed by atoms with Gasteiger partial charge in [-0.1, -0.05) is 0 Å². The fraction of sp³-hybridized carbons (Fsp3) is 0.583. The van der Waals surface area contributed by atoms with Crippen LogP contribution in [0.15, 0.2) is 0 Å². The van der Waals surface area contributed by atoms with Gasteiger partial charge in [-0.3, -0.25) is 14.3 Å². The smallest absolute Gasteiger partial charge is 0.313 e. The van der Waals surface area contributed by atoms with Gasteiger partial charge in [0.25, 0.3) is 0 Å². The van der Waals surface area contributed by atoms with E-state index >= 15 is 0 Å². The van der Waals surface area contributed by atoms with E-state index in [0.717, 1.165) is 17.0 Å². The maximum absolute atomic E-state index is 11.7. The van der Waals surface area contributed by atoms with Crippen molar-refractivity contribution in [1.29, 1.82) is 0 Å². The van der Waals surface area contributed by atoms with Crippen LogP contribution >= 0.6 is 11.8 Å². The number of aromatic nitrogens is 2. The van der Waals surface area contributed by atoms with Gasteiger partial charge < -0.3 is 10.4 Å². The molecular formula is C12H19N3O3S. The molecule has 7 heteroatoms. The van der Waals surface area contributed by atoms with Crippen LogP contribution in [0.25, 0.3) is 0 Å². The molecule has 2 N–H and O–H groups in total. The van der Waals surface area contributed by atoms with E-state index in [0.29, 0.717) is 18.7 Å². The zero-order chi connectivity index (χ0) is 14.4. The standard InChI is InChI=1S/C12H19N3O3S/c1-8-10(9(2)15(3)14-8)6-11(16)13-4-5-19-7-12(17)18/h4-7H2,1-3H3,(H,13,16)(H,17,18). The topological polar surface area (TPSA) is 84.2 Å². The van der Waals surface area contributed by atoms with Crippen LogP contribution in [0, 0.1) is 13.8 Å². The number of carboxylic acid groups (broad SMARTS) is 1. The maximum atomic E-state index is 11.7. The Kier molecular flexibility index (Phi) is 5.88. The second-order valence-electron chi connectivity index (χ2n) is 4.25. The summed E-state index contributed by atoms with van der Waals surface area (Å²) in [6, 6.07) is 0. The number of nitrogens with one attached hydrogen (secondary N) is 1. The summed E-state index contributed by atoms with van der Waals surface area (Å²) < 4.78 is 1.76. The molecule has 0 saturated carbocycles. The third-order valence-electron chi connectivity index (χ3n) is 2.79. The molecule has 6 nitrogen and oxygen atoms in total. The van der Waals surface area contributed by atoms with Gasteiger partial charge in [-0.15, -0.1) is 11.8 Å². The Morgan fingerprint density at radius 1 is 1.42 bits per heavy atom. The lowest BCUT2D eigenvalue weighted by Gasteiger charge is -2.05. The van der Waals surface area contributed by atoms with Crippen LogP contribution in [0.4, 0.5) is 0 Å². The van der Waals surface area contributed by atoms with Crippen molar-refractivity contribution >= 4 is 23.6 Å². The first kappa shape index (κ1) is 15.6. The van der Waals surface area contributed by atoms with Crippen LogP contribution in [-0.2, 0) is 23.1 Å². The van der Waals surface area contributed by atoms with Crippen molar-refractivity contribution in [3.05, 3.63) is 17.0 Å². The van der Waals surface area contributed by atoms with Crippen molar-refractivity contribution in [2.45, 2.75) is 20.3 Å². The number of hydrogen-bond acceptors (Lipinski definition) is 4. The first-order valence-electron chi connectivity index (χ1n) is 5.97. The molecule has 0 saturated heterocycles. The molecule has 0 aromatic carbocycles. The second-order valence-corrected chi connectivity index (χ2v) is 5.35. The highest BCUT2D eigenvalue weighted by Crippen LogP contribution is 2.12. The van der Waals surface area contributed by atoms with Crippen molar-refractivity contribution in [1.82, 2.24) is 15.1 Å². The Balaban J connectivity index is 2.33. The number of hydrogen-bond donors (Lipinski definition) is 2. The Morgan fingerprint density at radius 2 is 2.11 bits per heavy atom. The molecule has 0 aliphatic carbocycles. The second kappa shape index (κ2) is 7.18. The van der Waals surface area contributed by atoms with Crippen molar-refractivity contribution in [2.24, 2.45) is 7.05 Å². The van der Waals surface area contributed by atoms with Crippen LogP contribution < -0.4 is 5.32 Å². The molecule has 0 fully saturated rings. The summed E-state index contributed by atoms with van der Waals surface area (Å²) in [5, 5.41) is 15.5. The lowest BCUT2D eigenvalue weighted by Crippen LogP contribution is -2.27. The van der Waals surface area contributed by atoms with Gasteiger partial charge in [-0.25, -0.2) is 0 Å². The van der Waals surface area contributed by atoms with Crippen LogP contribution in [0.3, 0.4) is 0 Å². The Bertz CT molecular complexity index is 471. The lowest BCUT2D eigenvalue weighted by atomic mass is 10.1. The SMILES string of the molecule is Cc1nn(C)c(C)c1CC(=O)NCCSCC(=O)O. The summed E-state index contributed by atoms with van der Waals surface area (Å²) in [5.41, 5.74) is 2.82. The molecule has 19 heavy (non-hydrogen) atoms. The zero-order valence-corrected chi connectivity index (χ0v) is 12.2. The van der Waals surface area contributed by atoms with Gasteiger partial charge in [0.1, 0.15) is 0 Å². The molecule has 0 spiro atoms. The fourth-order valence-corrected chi connectivity index (χ4v) is 2.28. The highest BCUT2D eigenvalue weighted by atomic mass is 32.2. The molecule has 106 valence electrons. The van der Waals surface area contributed by atoms with E-state index < -0.39 is 5.97 Å². The molecule has 1 amide bonds. The molecule has 0 aliphatic rings. The van der Waals surface area contributed by atoms with Gasteiger partial charge in [0.05, 0.1) is 17.9 Å². The molecule has 1 aromatic rings. The van der Waals surface area contributed by atoms with Gasteiger partial charge in [0, 0.05) is 30.6 Å². The van der Waals surface area contributed by atoms with Crippen LogP contribution in [0.5, 0.6) is 0 Å². The molecule has 0 radical (unpaired) electrons. The quantitative estimate of drug-likeness (QED) is 0.713. The van der Waals surface area contributed by atoms with E-state index in [9.17, 15) is 9.59 Å². The zero-order valence-electron chi connectivity index (χ0n) is 11.4. The molecule has 0 unspecified atom stereocenters. The van der Waals surface area contributed by atoms with Gasteiger partial charge in [0.2, 0.25) is 5.91 Å². The Morgan fingerprint density at radius 3 is 2.63 bits per heavy atom. The van der Waals surface area contributed by atoms with Crippen LogP contribution in [0.2, 0.25) is 0 Å².